The summed E-state index contributed by atoms with van der Waals surface area (Å²) >= 11 is 6.21. The Bertz CT molecular complexity index is 995. The molecule has 2 unspecified atom stereocenters. The van der Waals surface area contributed by atoms with Crippen LogP contribution in [-0.2, 0) is 20.7 Å². The van der Waals surface area contributed by atoms with Gasteiger partial charge >= 0.3 is 0 Å². The topological polar surface area (TPSA) is 52.6 Å². The van der Waals surface area contributed by atoms with E-state index in [4.69, 9.17) is 21.1 Å². The molecule has 1 heterocycles. The molecule has 160 valence electrons. The fourth-order valence-corrected chi connectivity index (χ4v) is 4.40. The van der Waals surface area contributed by atoms with Crippen molar-refractivity contribution in [1.29, 1.82) is 0 Å². The monoisotopic (exact) mass is 428 g/mol. The summed E-state index contributed by atoms with van der Waals surface area (Å²) in [7, 11) is 1.62. The summed E-state index contributed by atoms with van der Waals surface area (Å²) in [5.41, 5.74) is 1.50. The first-order valence-electron chi connectivity index (χ1n) is 10.3. The lowest BCUT2D eigenvalue weighted by atomic mass is 9.72. The van der Waals surface area contributed by atoms with E-state index < -0.39 is 17.1 Å². The Morgan fingerprint density at radius 3 is 2.33 bits per heavy atom. The third-order valence-corrected chi connectivity index (χ3v) is 6.34. The highest BCUT2D eigenvalue weighted by Gasteiger charge is 2.54. The second-order valence-corrected chi connectivity index (χ2v) is 8.91. The Labute approximate surface area is 183 Å². The normalized spacial score (nSPS) is 23.5. The van der Waals surface area contributed by atoms with Crippen LogP contribution < -0.4 is 4.74 Å². The molecule has 30 heavy (non-hydrogen) atoms. The van der Waals surface area contributed by atoms with Gasteiger partial charge in [0, 0.05) is 10.6 Å². The molecule has 3 rings (SSSR count). The van der Waals surface area contributed by atoms with Gasteiger partial charge in [-0.1, -0.05) is 43.6 Å². The number of aryl methyl sites for hydroxylation is 1. The van der Waals surface area contributed by atoms with Gasteiger partial charge < -0.3 is 9.47 Å². The number of benzene rings is 2. The average molecular weight is 429 g/mol. The van der Waals surface area contributed by atoms with Crippen LogP contribution in [0.1, 0.15) is 58.1 Å². The Hall–Kier alpha value is -2.17. The first-order chi connectivity index (χ1) is 14.1. The zero-order chi connectivity index (χ0) is 22.3. The van der Waals surface area contributed by atoms with Gasteiger partial charge in [0.1, 0.15) is 22.9 Å². The van der Waals surface area contributed by atoms with Crippen molar-refractivity contribution in [3.05, 3.63) is 52.5 Å². The molecule has 0 N–H and O–H groups in total. The van der Waals surface area contributed by atoms with E-state index in [0.717, 1.165) is 22.3 Å². The number of hydrogen-bond donors (Lipinski definition) is 0. The van der Waals surface area contributed by atoms with Crippen LogP contribution in [0.15, 0.2) is 36.4 Å². The maximum absolute atomic E-state index is 13.4. The van der Waals surface area contributed by atoms with E-state index in [1.807, 2.05) is 44.2 Å². The quantitative estimate of drug-likeness (QED) is 0.566. The van der Waals surface area contributed by atoms with Crippen molar-refractivity contribution >= 4 is 23.2 Å². The van der Waals surface area contributed by atoms with Gasteiger partial charge in [0.2, 0.25) is 0 Å². The lowest BCUT2D eigenvalue weighted by molar-refractivity contribution is -0.188. The van der Waals surface area contributed by atoms with Crippen LogP contribution in [0.2, 0.25) is 5.02 Å². The van der Waals surface area contributed by atoms with Crippen molar-refractivity contribution in [3.8, 4) is 16.9 Å². The zero-order valence-corrected chi connectivity index (χ0v) is 19.2. The molecule has 2 atom stereocenters. The lowest BCUT2D eigenvalue weighted by Gasteiger charge is -2.44. The number of carbonyl (C=O) groups excluding carboxylic acids is 2. The molecule has 1 fully saturated rings. The minimum absolute atomic E-state index is 0.169. The van der Waals surface area contributed by atoms with Gasteiger partial charge in [-0.2, -0.15) is 0 Å². The third kappa shape index (κ3) is 3.79. The summed E-state index contributed by atoms with van der Waals surface area (Å²) in [5.74, 6) is -0.477. The number of halogens is 1. The van der Waals surface area contributed by atoms with Gasteiger partial charge in [-0.3, -0.25) is 9.59 Å². The Kier molecular flexibility index (Phi) is 6.13. The van der Waals surface area contributed by atoms with E-state index in [1.165, 1.54) is 0 Å². The SMILES string of the molecule is CCc1cc(-c2cc(Cl)ccc2OC)ccc1C1C(=O)C(C)(C)OC(C)(CC)C1=O. The van der Waals surface area contributed by atoms with Crippen LogP contribution in [0, 0.1) is 0 Å². The maximum Gasteiger partial charge on any atom is 0.179 e. The van der Waals surface area contributed by atoms with Crippen LogP contribution in [0.4, 0.5) is 0 Å². The molecule has 1 aliphatic heterocycles. The molecule has 1 aliphatic rings. The molecule has 0 saturated carbocycles. The average Bonchev–Trinajstić information content (AvgIpc) is 2.72. The van der Waals surface area contributed by atoms with Crippen molar-refractivity contribution in [2.45, 2.75) is 64.6 Å². The highest BCUT2D eigenvalue weighted by molar-refractivity contribution is 6.31. The minimum atomic E-state index is -1.02. The van der Waals surface area contributed by atoms with Crippen LogP contribution in [0.5, 0.6) is 5.75 Å². The van der Waals surface area contributed by atoms with Crippen LogP contribution in [0.3, 0.4) is 0 Å². The Morgan fingerprint density at radius 1 is 1.03 bits per heavy atom. The summed E-state index contributed by atoms with van der Waals surface area (Å²) in [5, 5.41) is 0.614. The third-order valence-electron chi connectivity index (χ3n) is 6.10. The number of methoxy groups -OCH3 is 1. The standard InChI is InChI=1S/C25H29ClO4/c1-7-15-13-16(19-14-17(26)10-12-20(19)29-6)9-11-18(15)21-22(27)24(3,4)30-25(5,8-2)23(21)28/h9-14,21H,7-8H2,1-6H3. The van der Waals surface area contributed by atoms with Gasteiger partial charge in [-0.25, -0.2) is 0 Å². The van der Waals surface area contributed by atoms with E-state index in [2.05, 4.69) is 0 Å². The first kappa shape index (κ1) is 22.5. The second kappa shape index (κ2) is 8.16. The lowest BCUT2D eigenvalue weighted by Crippen LogP contribution is -2.59. The molecule has 1 saturated heterocycles. The summed E-state index contributed by atoms with van der Waals surface area (Å²) in [6, 6.07) is 11.3. The van der Waals surface area contributed by atoms with Crippen molar-refractivity contribution in [1.82, 2.24) is 0 Å². The highest BCUT2D eigenvalue weighted by atomic mass is 35.5. The molecule has 0 bridgehead atoms. The summed E-state index contributed by atoms with van der Waals surface area (Å²) < 4.78 is 11.5. The molecule has 0 aromatic heterocycles. The molecule has 0 radical (unpaired) electrons. The van der Waals surface area contributed by atoms with Crippen LogP contribution in [-0.4, -0.2) is 29.9 Å². The van der Waals surface area contributed by atoms with E-state index in [9.17, 15) is 9.59 Å². The zero-order valence-electron chi connectivity index (χ0n) is 18.5. The minimum Gasteiger partial charge on any atom is -0.496 e. The molecule has 2 aromatic rings. The fourth-order valence-electron chi connectivity index (χ4n) is 4.23. The molecular formula is C25H29ClO4. The van der Waals surface area contributed by atoms with Gasteiger partial charge in [0.15, 0.2) is 11.6 Å². The van der Waals surface area contributed by atoms with Gasteiger partial charge in [0.25, 0.3) is 0 Å². The number of ketones is 2. The maximum atomic E-state index is 13.4. The largest absolute Gasteiger partial charge is 0.496 e. The molecule has 0 spiro atoms. The number of hydrogen-bond acceptors (Lipinski definition) is 4. The first-order valence-corrected chi connectivity index (χ1v) is 10.7. The molecule has 2 aromatic carbocycles. The van der Waals surface area contributed by atoms with Crippen molar-refractivity contribution in [2.24, 2.45) is 0 Å². The number of rotatable bonds is 5. The number of ether oxygens (including phenoxy) is 2. The molecular weight excluding hydrogens is 400 g/mol. The van der Waals surface area contributed by atoms with Crippen LogP contribution >= 0.6 is 11.6 Å². The van der Waals surface area contributed by atoms with Crippen molar-refractivity contribution < 1.29 is 19.1 Å². The molecule has 0 aliphatic carbocycles. The predicted molar refractivity (Wildman–Crippen MR) is 119 cm³/mol. The van der Waals surface area contributed by atoms with E-state index >= 15 is 0 Å². The number of carbonyl (C=O) groups is 2. The van der Waals surface area contributed by atoms with E-state index in [0.29, 0.717) is 23.6 Å². The molecule has 0 amide bonds. The predicted octanol–water partition coefficient (Wildman–Crippen LogP) is 5.78. The Morgan fingerprint density at radius 2 is 1.73 bits per heavy atom. The molecule has 4 nitrogen and oxygen atoms in total. The molecule has 5 heteroatoms. The van der Waals surface area contributed by atoms with Gasteiger partial charge in [-0.15, -0.1) is 0 Å². The highest BCUT2D eigenvalue weighted by Crippen LogP contribution is 2.42. The summed E-state index contributed by atoms with van der Waals surface area (Å²) in [6.07, 6.45) is 1.20. The Balaban J connectivity index is 2.14. The second-order valence-electron chi connectivity index (χ2n) is 8.47. The summed E-state index contributed by atoms with van der Waals surface area (Å²) in [6.45, 7) is 9.22. The van der Waals surface area contributed by atoms with Crippen molar-refractivity contribution in [2.75, 3.05) is 7.11 Å². The van der Waals surface area contributed by atoms with Gasteiger partial charge in [-0.05, 0) is 68.5 Å². The van der Waals surface area contributed by atoms with Crippen LogP contribution in [0.25, 0.3) is 11.1 Å². The number of Topliss-reactive ketones (excluding diaryl/α,β-unsaturated/α-hetero) is 2. The summed E-state index contributed by atoms with van der Waals surface area (Å²) in [4.78, 5) is 26.6. The van der Waals surface area contributed by atoms with Crippen molar-refractivity contribution in [3.63, 3.8) is 0 Å². The van der Waals surface area contributed by atoms with Gasteiger partial charge in [0.05, 0.1) is 7.11 Å². The fraction of sp³-hybridized carbons (Fsp3) is 0.440. The van der Waals surface area contributed by atoms with E-state index in [-0.39, 0.29) is 11.6 Å². The smallest absolute Gasteiger partial charge is 0.179 e. The van der Waals surface area contributed by atoms with E-state index in [1.54, 1.807) is 33.9 Å².